The van der Waals surface area contributed by atoms with Gasteiger partial charge in [0.15, 0.2) is 0 Å². The van der Waals surface area contributed by atoms with Crippen LogP contribution < -0.4 is 5.32 Å². The van der Waals surface area contributed by atoms with Crippen LogP contribution in [0.2, 0.25) is 0 Å². The Morgan fingerprint density at radius 3 is 2.52 bits per heavy atom. The minimum absolute atomic E-state index is 0.149. The number of rotatable bonds is 5. The Labute approximate surface area is 121 Å². The molecule has 0 bridgehead atoms. The molecule has 110 valence electrons. The van der Waals surface area contributed by atoms with Crippen molar-refractivity contribution in [2.45, 2.75) is 13.0 Å². The fourth-order valence-electron chi connectivity index (χ4n) is 1.71. The molecule has 1 aromatic rings. The average molecular weight is 307 g/mol. The Morgan fingerprint density at radius 2 is 2.00 bits per heavy atom. The Bertz CT molecular complexity index is 669. The van der Waals surface area contributed by atoms with Crippen molar-refractivity contribution in [2.24, 2.45) is 0 Å². The van der Waals surface area contributed by atoms with E-state index in [2.05, 4.69) is 14.6 Å². The molecule has 0 aliphatic heterocycles. The van der Waals surface area contributed by atoms with Crippen molar-refractivity contribution in [1.82, 2.24) is 0 Å². The molecule has 0 unspecified atom stereocenters. The van der Waals surface area contributed by atoms with Gasteiger partial charge in [0, 0.05) is 17.5 Å². The van der Waals surface area contributed by atoms with E-state index in [0.717, 1.165) is 11.4 Å². The van der Waals surface area contributed by atoms with E-state index in [9.17, 15) is 4.57 Å². The van der Waals surface area contributed by atoms with Gasteiger partial charge >= 0.3 is 7.82 Å². The number of nitrogens with one attached hydrogen (secondary N) is 1. The summed E-state index contributed by atoms with van der Waals surface area (Å²) in [6.07, 6.45) is 5.94. The first-order chi connectivity index (χ1) is 9.96. The summed E-state index contributed by atoms with van der Waals surface area (Å²) in [6.45, 7) is -0.149. The summed E-state index contributed by atoms with van der Waals surface area (Å²) in [5.41, 5.74) is 11.6. The fraction of sp³-hybridized carbons (Fsp3) is 0.154. The van der Waals surface area contributed by atoms with E-state index in [0.29, 0.717) is 17.7 Å². The SMILES string of the molecule is [N-]=[N+]=C1C=CC(Nc2ccc(COP(=O)(O)O)cc2)=CC1. The molecule has 0 amide bonds. The summed E-state index contributed by atoms with van der Waals surface area (Å²) >= 11 is 0. The van der Waals surface area contributed by atoms with Crippen LogP contribution in [0.5, 0.6) is 0 Å². The first kappa shape index (κ1) is 15.4. The molecule has 2 rings (SSSR count). The molecule has 0 radical (unpaired) electrons. The van der Waals surface area contributed by atoms with Crippen LogP contribution in [-0.2, 0) is 15.7 Å². The van der Waals surface area contributed by atoms with Crippen molar-refractivity contribution in [1.29, 1.82) is 0 Å². The minimum Gasteiger partial charge on any atom is -0.361 e. The van der Waals surface area contributed by atoms with Gasteiger partial charge in [0.2, 0.25) is 0 Å². The third-order valence-corrected chi connectivity index (χ3v) is 3.22. The maximum atomic E-state index is 10.6. The van der Waals surface area contributed by atoms with E-state index >= 15 is 0 Å². The molecule has 1 aliphatic rings. The van der Waals surface area contributed by atoms with E-state index in [4.69, 9.17) is 15.3 Å². The Kier molecular flexibility index (Phi) is 4.85. The largest absolute Gasteiger partial charge is 0.469 e. The van der Waals surface area contributed by atoms with Crippen LogP contribution in [0.1, 0.15) is 12.0 Å². The normalized spacial score (nSPS) is 14.6. The van der Waals surface area contributed by atoms with Gasteiger partial charge in [-0.15, -0.1) is 0 Å². The maximum Gasteiger partial charge on any atom is 0.469 e. The number of nitrogens with zero attached hydrogens (tertiary/aromatic N) is 2. The minimum atomic E-state index is -4.45. The first-order valence-corrected chi connectivity index (χ1v) is 7.64. The Morgan fingerprint density at radius 1 is 1.29 bits per heavy atom. The third kappa shape index (κ3) is 5.11. The van der Waals surface area contributed by atoms with Crippen LogP contribution in [0.25, 0.3) is 5.53 Å². The lowest BCUT2D eigenvalue weighted by atomic mass is 10.1. The molecule has 7 nitrogen and oxygen atoms in total. The summed E-state index contributed by atoms with van der Waals surface area (Å²) in [7, 11) is -4.45. The number of allylic oxidation sites excluding steroid dienone is 3. The predicted octanol–water partition coefficient (Wildman–Crippen LogP) is 2.22. The number of benzene rings is 1. The molecule has 3 N–H and O–H groups in total. The van der Waals surface area contributed by atoms with Gasteiger partial charge in [-0.3, -0.25) is 4.52 Å². The number of anilines is 1. The molecule has 21 heavy (non-hydrogen) atoms. The van der Waals surface area contributed by atoms with Gasteiger partial charge in [-0.05, 0) is 29.8 Å². The highest BCUT2D eigenvalue weighted by Crippen LogP contribution is 2.36. The average Bonchev–Trinajstić information content (AvgIpc) is 2.46. The zero-order valence-electron chi connectivity index (χ0n) is 11.0. The van der Waals surface area contributed by atoms with Crippen LogP contribution in [0, 0.1) is 0 Å². The summed E-state index contributed by atoms with van der Waals surface area (Å²) in [4.78, 5) is 20.4. The second-order valence-corrected chi connectivity index (χ2v) is 5.61. The van der Waals surface area contributed by atoms with Gasteiger partial charge in [-0.1, -0.05) is 12.1 Å². The predicted molar refractivity (Wildman–Crippen MR) is 77.4 cm³/mol. The molecule has 0 saturated carbocycles. The quantitative estimate of drug-likeness (QED) is 0.438. The van der Waals surface area contributed by atoms with Gasteiger partial charge in [-0.25, -0.2) is 4.57 Å². The highest BCUT2D eigenvalue weighted by molar-refractivity contribution is 7.46. The van der Waals surface area contributed by atoms with Gasteiger partial charge in [-0.2, -0.15) is 4.79 Å². The maximum absolute atomic E-state index is 10.6. The molecule has 1 aliphatic carbocycles. The van der Waals surface area contributed by atoms with E-state index in [-0.39, 0.29) is 6.61 Å². The van der Waals surface area contributed by atoms with E-state index in [1.807, 2.05) is 6.08 Å². The Hall–Kier alpha value is -2.01. The van der Waals surface area contributed by atoms with Crippen molar-refractivity contribution < 1.29 is 23.7 Å². The molecule has 8 heteroatoms. The van der Waals surface area contributed by atoms with Crippen LogP contribution >= 0.6 is 7.82 Å². The summed E-state index contributed by atoms with van der Waals surface area (Å²) in [5.74, 6) is 0. The lowest BCUT2D eigenvalue weighted by Gasteiger charge is -2.10. The third-order valence-electron chi connectivity index (χ3n) is 2.76. The Balaban J connectivity index is 1.94. The van der Waals surface area contributed by atoms with Crippen molar-refractivity contribution in [3.05, 3.63) is 59.3 Å². The van der Waals surface area contributed by atoms with E-state index in [1.54, 1.807) is 36.4 Å². The highest BCUT2D eigenvalue weighted by Gasteiger charge is 2.13. The zero-order chi connectivity index (χ0) is 15.3. The topological polar surface area (TPSA) is 115 Å². The van der Waals surface area contributed by atoms with Gasteiger partial charge in [0.25, 0.3) is 5.71 Å². The van der Waals surface area contributed by atoms with Crippen LogP contribution in [0.15, 0.2) is 48.2 Å². The molecule has 0 fully saturated rings. The van der Waals surface area contributed by atoms with Crippen molar-refractivity contribution >= 4 is 19.2 Å². The lowest BCUT2D eigenvalue weighted by molar-refractivity contribution is -0.00540. The molecule has 0 heterocycles. The summed E-state index contributed by atoms with van der Waals surface area (Å²) in [6, 6.07) is 6.99. The number of phosphoric acid groups is 1. The monoisotopic (exact) mass is 307 g/mol. The number of hydrogen-bond donors (Lipinski definition) is 3. The van der Waals surface area contributed by atoms with Crippen LogP contribution in [0.4, 0.5) is 5.69 Å². The second kappa shape index (κ2) is 6.63. The lowest BCUT2D eigenvalue weighted by Crippen LogP contribution is -2.04. The number of phosphoric ester groups is 1. The molecule has 0 aromatic heterocycles. The molecular weight excluding hydrogens is 293 g/mol. The van der Waals surface area contributed by atoms with Crippen molar-refractivity contribution in [3.63, 3.8) is 0 Å². The van der Waals surface area contributed by atoms with Gasteiger partial charge < -0.3 is 20.6 Å². The van der Waals surface area contributed by atoms with Crippen LogP contribution in [0.3, 0.4) is 0 Å². The van der Waals surface area contributed by atoms with Crippen molar-refractivity contribution in [3.8, 4) is 0 Å². The molecule has 0 atom stereocenters. The van der Waals surface area contributed by atoms with Crippen LogP contribution in [-0.4, -0.2) is 20.3 Å². The van der Waals surface area contributed by atoms with Crippen molar-refractivity contribution in [2.75, 3.05) is 5.32 Å². The molecule has 0 saturated heterocycles. The smallest absolute Gasteiger partial charge is 0.361 e. The standard InChI is InChI=1S/C13H14N3O4P/c14-16-13-7-5-12(6-8-13)15-11-3-1-10(2-4-11)9-20-21(17,18)19/h1-7,15H,8-9H2,(H2,17,18,19). The van der Waals surface area contributed by atoms with E-state index in [1.165, 1.54) is 0 Å². The first-order valence-electron chi connectivity index (χ1n) is 6.11. The van der Waals surface area contributed by atoms with Gasteiger partial charge in [0.05, 0.1) is 13.0 Å². The van der Waals surface area contributed by atoms with E-state index < -0.39 is 7.82 Å². The highest BCUT2D eigenvalue weighted by atomic mass is 31.2. The van der Waals surface area contributed by atoms with Gasteiger partial charge in [0.1, 0.15) is 0 Å². The molecule has 1 aromatic carbocycles. The molecular formula is C13H14N3O4P. The molecule has 0 spiro atoms. The zero-order valence-corrected chi connectivity index (χ0v) is 11.9. The summed E-state index contributed by atoms with van der Waals surface area (Å²) in [5, 5.41) is 3.17. The second-order valence-electron chi connectivity index (χ2n) is 4.37. The fourth-order valence-corrected chi connectivity index (χ4v) is 2.03. The number of hydrogen-bond acceptors (Lipinski definition) is 3. The summed E-state index contributed by atoms with van der Waals surface area (Å²) < 4.78 is 15.0.